The third kappa shape index (κ3) is 12.4. The van der Waals surface area contributed by atoms with Gasteiger partial charge in [-0.15, -0.1) is 0 Å². The minimum Gasteiger partial charge on any atom is -0.208 e. The van der Waals surface area contributed by atoms with E-state index in [1.165, 1.54) is 6.08 Å². The van der Waals surface area contributed by atoms with Crippen molar-refractivity contribution in [2.75, 3.05) is 0 Å². The summed E-state index contributed by atoms with van der Waals surface area (Å²) in [6.07, 6.45) is 4.93. The molecule has 0 aromatic rings. The van der Waals surface area contributed by atoms with Crippen molar-refractivity contribution >= 4 is 0 Å². The normalized spacial score (nSPS) is 10.8. The fourth-order valence-electron chi connectivity index (χ4n) is 0.318. The van der Waals surface area contributed by atoms with E-state index in [0.29, 0.717) is 0 Å². The van der Waals surface area contributed by atoms with Crippen LogP contribution in [0.4, 0.5) is 4.39 Å². The summed E-state index contributed by atoms with van der Waals surface area (Å²) in [4.78, 5) is 0. The van der Waals surface area contributed by atoms with E-state index in [0.717, 1.165) is 5.57 Å². The lowest BCUT2D eigenvalue weighted by atomic mass is 10.2. The van der Waals surface area contributed by atoms with Crippen LogP contribution in [0.5, 0.6) is 0 Å². The molecule has 0 aromatic heterocycles. The SMILES string of the molecule is C=C(F)/C=C\C(C)=C/C.CC. The molecular formula is C10H17F. The molecule has 0 heterocycles. The van der Waals surface area contributed by atoms with Gasteiger partial charge in [0.1, 0.15) is 5.83 Å². The number of allylic oxidation sites excluding steroid dienone is 5. The van der Waals surface area contributed by atoms with E-state index >= 15 is 0 Å². The fraction of sp³-hybridized carbons (Fsp3) is 0.400. The van der Waals surface area contributed by atoms with Crippen LogP contribution in [0.25, 0.3) is 0 Å². The van der Waals surface area contributed by atoms with Gasteiger partial charge in [0.05, 0.1) is 0 Å². The molecule has 0 saturated carbocycles. The smallest absolute Gasteiger partial charge is 0.116 e. The van der Waals surface area contributed by atoms with Gasteiger partial charge in [-0.05, 0) is 19.9 Å². The Morgan fingerprint density at radius 1 is 1.27 bits per heavy atom. The first-order valence-electron chi connectivity index (χ1n) is 3.82. The molecule has 0 fully saturated rings. The van der Waals surface area contributed by atoms with Gasteiger partial charge in [0.15, 0.2) is 0 Å². The van der Waals surface area contributed by atoms with E-state index < -0.39 is 5.83 Å². The van der Waals surface area contributed by atoms with Gasteiger partial charge in [-0.2, -0.15) is 0 Å². The summed E-state index contributed by atoms with van der Waals surface area (Å²) in [6.45, 7) is 10.9. The lowest BCUT2D eigenvalue weighted by molar-refractivity contribution is 0.671. The molecule has 0 rings (SSSR count). The van der Waals surface area contributed by atoms with E-state index in [4.69, 9.17) is 0 Å². The van der Waals surface area contributed by atoms with Crippen molar-refractivity contribution < 1.29 is 4.39 Å². The summed E-state index contributed by atoms with van der Waals surface area (Å²) < 4.78 is 11.9. The van der Waals surface area contributed by atoms with Crippen LogP contribution in [0.15, 0.2) is 36.2 Å². The first-order valence-corrected chi connectivity index (χ1v) is 3.82. The van der Waals surface area contributed by atoms with Crippen LogP contribution in [0.1, 0.15) is 27.7 Å². The van der Waals surface area contributed by atoms with Crippen LogP contribution in [-0.4, -0.2) is 0 Å². The Morgan fingerprint density at radius 3 is 2.00 bits per heavy atom. The number of halogens is 1. The average molecular weight is 156 g/mol. The van der Waals surface area contributed by atoms with Crippen molar-refractivity contribution in [2.24, 2.45) is 0 Å². The van der Waals surface area contributed by atoms with E-state index in [1.54, 1.807) is 6.08 Å². The summed E-state index contributed by atoms with van der Waals surface area (Å²) in [5.74, 6) is -0.406. The third-order valence-electron chi connectivity index (χ3n) is 0.982. The van der Waals surface area contributed by atoms with E-state index in [2.05, 4.69) is 6.58 Å². The van der Waals surface area contributed by atoms with Crippen LogP contribution in [-0.2, 0) is 0 Å². The molecule has 0 bridgehead atoms. The molecule has 0 aromatic carbocycles. The molecular weight excluding hydrogens is 139 g/mol. The Bertz CT molecular complexity index is 152. The van der Waals surface area contributed by atoms with Crippen LogP contribution >= 0.6 is 0 Å². The Labute approximate surface area is 69.1 Å². The minimum absolute atomic E-state index is 0.406. The van der Waals surface area contributed by atoms with Crippen LogP contribution < -0.4 is 0 Å². The highest BCUT2D eigenvalue weighted by Crippen LogP contribution is 1.98. The van der Waals surface area contributed by atoms with Gasteiger partial charge in [-0.3, -0.25) is 0 Å². The summed E-state index contributed by atoms with van der Waals surface area (Å²) >= 11 is 0. The molecule has 0 unspecified atom stereocenters. The first kappa shape index (κ1) is 12.8. The summed E-state index contributed by atoms with van der Waals surface area (Å²) in [7, 11) is 0. The maximum atomic E-state index is 11.9. The molecule has 0 radical (unpaired) electrons. The highest BCUT2D eigenvalue weighted by molar-refractivity contribution is 5.20. The number of hydrogen-bond acceptors (Lipinski definition) is 0. The highest BCUT2D eigenvalue weighted by Gasteiger charge is 1.78. The van der Waals surface area contributed by atoms with Crippen molar-refractivity contribution in [3.05, 3.63) is 36.2 Å². The van der Waals surface area contributed by atoms with Gasteiger partial charge in [0.2, 0.25) is 0 Å². The Hall–Kier alpha value is -0.850. The molecule has 0 N–H and O–H groups in total. The van der Waals surface area contributed by atoms with Crippen LogP contribution in [0.2, 0.25) is 0 Å². The third-order valence-corrected chi connectivity index (χ3v) is 0.982. The number of rotatable bonds is 2. The van der Waals surface area contributed by atoms with Crippen molar-refractivity contribution in [3.8, 4) is 0 Å². The summed E-state index contributed by atoms with van der Waals surface area (Å²) in [6, 6.07) is 0. The van der Waals surface area contributed by atoms with Gasteiger partial charge >= 0.3 is 0 Å². The zero-order valence-corrected chi connectivity index (χ0v) is 7.82. The molecule has 0 nitrogen and oxygen atoms in total. The molecule has 0 amide bonds. The van der Waals surface area contributed by atoms with Crippen molar-refractivity contribution in [2.45, 2.75) is 27.7 Å². The quantitative estimate of drug-likeness (QED) is 0.530. The van der Waals surface area contributed by atoms with Gasteiger partial charge in [-0.25, -0.2) is 4.39 Å². The second-order valence-electron chi connectivity index (χ2n) is 1.81. The van der Waals surface area contributed by atoms with Gasteiger partial charge in [0.25, 0.3) is 0 Å². The lowest BCUT2D eigenvalue weighted by Crippen LogP contribution is -1.64. The zero-order chi connectivity index (χ0) is 9.28. The van der Waals surface area contributed by atoms with Crippen molar-refractivity contribution in [3.63, 3.8) is 0 Å². The standard InChI is InChI=1S/C8H11F.C2H6/c1-4-7(2)5-6-8(3)9;1-2/h4-6H,3H2,1-2H3;1-2H3/b6-5-,7-4-;. The molecule has 1 heteroatoms. The fourth-order valence-corrected chi connectivity index (χ4v) is 0.318. The molecule has 64 valence electrons. The summed E-state index contributed by atoms with van der Waals surface area (Å²) in [5, 5.41) is 0. The lowest BCUT2D eigenvalue weighted by Gasteiger charge is -1.84. The largest absolute Gasteiger partial charge is 0.208 e. The topological polar surface area (TPSA) is 0 Å². The predicted octanol–water partition coefficient (Wildman–Crippen LogP) is 4.02. The number of hydrogen-bond donors (Lipinski definition) is 0. The molecule has 0 spiro atoms. The first-order chi connectivity index (χ1) is 5.16. The van der Waals surface area contributed by atoms with E-state index in [1.807, 2.05) is 33.8 Å². The molecule has 0 atom stereocenters. The zero-order valence-electron chi connectivity index (χ0n) is 7.82. The predicted molar refractivity (Wildman–Crippen MR) is 50.2 cm³/mol. The molecule has 0 aliphatic heterocycles. The molecule has 11 heavy (non-hydrogen) atoms. The highest BCUT2D eigenvalue weighted by atomic mass is 19.1. The molecule has 0 aliphatic rings. The Morgan fingerprint density at radius 2 is 1.73 bits per heavy atom. The van der Waals surface area contributed by atoms with Crippen LogP contribution in [0, 0.1) is 0 Å². The van der Waals surface area contributed by atoms with Crippen molar-refractivity contribution in [1.29, 1.82) is 0 Å². The van der Waals surface area contributed by atoms with Crippen molar-refractivity contribution in [1.82, 2.24) is 0 Å². The molecule has 0 aliphatic carbocycles. The monoisotopic (exact) mass is 156 g/mol. The summed E-state index contributed by atoms with van der Waals surface area (Å²) in [5.41, 5.74) is 1.04. The van der Waals surface area contributed by atoms with Gasteiger partial charge in [0, 0.05) is 0 Å². The second kappa shape index (κ2) is 9.15. The van der Waals surface area contributed by atoms with Crippen LogP contribution in [0.3, 0.4) is 0 Å². The van der Waals surface area contributed by atoms with E-state index in [9.17, 15) is 4.39 Å². The maximum Gasteiger partial charge on any atom is 0.116 e. The van der Waals surface area contributed by atoms with Gasteiger partial charge < -0.3 is 0 Å². The molecule has 0 saturated heterocycles. The second-order valence-corrected chi connectivity index (χ2v) is 1.81. The average Bonchev–Trinajstić information content (AvgIpc) is 2.04. The minimum atomic E-state index is -0.406. The maximum absolute atomic E-state index is 11.9. The Kier molecular flexibility index (Phi) is 10.6. The van der Waals surface area contributed by atoms with Gasteiger partial charge in [-0.1, -0.05) is 38.2 Å². The Balaban J connectivity index is 0. The van der Waals surface area contributed by atoms with E-state index in [-0.39, 0.29) is 0 Å².